The summed E-state index contributed by atoms with van der Waals surface area (Å²) in [4.78, 5) is 31.5. The number of aryl methyl sites for hydroxylation is 1. The summed E-state index contributed by atoms with van der Waals surface area (Å²) in [5.74, 6) is 0.307. The lowest BCUT2D eigenvalue weighted by Gasteiger charge is -2.36. The van der Waals surface area contributed by atoms with E-state index in [1.54, 1.807) is 36.4 Å². The van der Waals surface area contributed by atoms with Crippen LogP contribution in [0.2, 0.25) is 5.02 Å². The number of pyridine rings is 1. The van der Waals surface area contributed by atoms with E-state index in [1.165, 1.54) is 12.1 Å². The minimum atomic E-state index is -0.479. The van der Waals surface area contributed by atoms with Gasteiger partial charge in [-0.15, -0.1) is 0 Å². The molecule has 0 N–H and O–H groups in total. The lowest BCUT2D eigenvalue weighted by atomic mass is 10.1. The van der Waals surface area contributed by atoms with Gasteiger partial charge in [0.1, 0.15) is 17.0 Å². The lowest BCUT2D eigenvalue weighted by Crippen LogP contribution is -2.49. The number of benzene rings is 1. The molecule has 10 heteroatoms. The van der Waals surface area contributed by atoms with Crippen LogP contribution in [0.25, 0.3) is 11.3 Å². The summed E-state index contributed by atoms with van der Waals surface area (Å²) in [6.45, 7) is 3.77. The number of nitrogens with zero attached hydrogens (tertiary/aromatic N) is 5. The van der Waals surface area contributed by atoms with Gasteiger partial charge in [0.05, 0.1) is 15.6 Å². The molecule has 154 valence electrons. The highest BCUT2D eigenvalue weighted by Crippen LogP contribution is 2.31. The summed E-state index contributed by atoms with van der Waals surface area (Å²) >= 11 is 6.24. The van der Waals surface area contributed by atoms with E-state index in [-0.39, 0.29) is 11.6 Å². The zero-order valence-corrected chi connectivity index (χ0v) is 16.9. The number of aromatic nitrogens is 2. The van der Waals surface area contributed by atoms with Crippen molar-refractivity contribution in [3.63, 3.8) is 0 Å². The molecular weight excluding hydrogens is 410 g/mol. The Morgan fingerprint density at radius 3 is 2.63 bits per heavy atom. The van der Waals surface area contributed by atoms with Crippen LogP contribution < -0.4 is 4.90 Å². The smallest absolute Gasteiger partial charge is 0.271 e. The first kappa shape index (κ1) is 19.8. The second-order valence-corrected chi connectivity index (χ2v) is 7.28. The quantitative estimate of drug-likeness (QED) is 0.462. The molecule has 3 heterocycles. The van der Waals surface area contributed by atoms with Crippen LogP contribution in [-0.2, 0) is 0 Å². The van der Waals surface area contributed by atoms with Crippen molar-refractivity contribution < 1.29 is 14.2 Å². The third-order valence-electron chi connectivity index (χ3n) is 5.06. The van der Waals surface area contributed by atoms with Crippen LogP contribution in [0.5, 0.6) is 0 Å². The number of nitro benzene ring substituents is 1. The van der Waals surface area contributed by atoms with E-state index < -0.39 is 4.92 Å². The van der Waals surface area contributed by atoms with E-state index in [0.29, 0.717) is 59.5 Å². The largest absolute Gasteiger partial charge is 0.367 e. The molecule has 1 aliphatic heterocycles. The zero-order chi connectivity index (χ0) is 21.3. The monoisotopic (exact) mass is 427 g/mol. The predicted molar refractivity (Wildman–Crippen MR) is 111 cm³/mol. The number of anilines is 1. The van der Waals surface area contributed by atoms with Crippen LogP contribution in [0.3, 0.4) is 0 Å². The topological polar surface area (TPSA) is 106 Å². The number of nitro groups is 1. The van der Waals surface area contributed by atoms with Gasteiger partial charge < -0.3 is 14.3 Å². The van der Waals surface area contributed by atoms with Crippen molar-refractivity contribution in [1.82, 2.24) is 15.0 Å². The predicted octanol–water partition coefficient (Wildman–Crippen LogP) is 3.57. The van der Waals surface area contributed by atoms with Crippen molar-refractivity contribution in [2.45, 2.75) is 6.92 Å². The number of halogens is 1. The molecule has 0 atom stereocenters. The first-order valence-corrected chi connectivity index (χ1v) is 9.68. The summed E-state index contributed by atoms with van der Waals surface area (Å²) in [6, 6.07) is 8.02. The highest BCUT2D eigenvalue weighted by Gasteiger charge is 2.29. The van der Waals surface area contributed by atoms with E-state index >= 15 is 0 Å². The van der Waals surface area contributed by atoms with E-state index in [9.17, 15) is 14.9 Å². The zero-order valence-electron chi connectivity index (χ0n) is 16.1. The van der Waals surface area contributed by atoms with Crippen LogP contribution in [0, 0.1) is 17.0 Å². The fourth-order valence-electron chi connectivity index (χ4n) is 3.50. The standard InChI is InChI=1S/C20H18ClN5O4/c1-13-18(19(23-30-13)14-3-2-6-22-12-14)20(27)25-9-7-24(8-10-25)17-5-4-15(26(28)29)11-16(17)21/h2-6,11-12H,7-10H2,1H3. The second-order valence-electron chi connectivity index (χ2n) is 6.88. The maximum atomic E-state index is 13.2. The van der Waals surface area contributed by atoms with Gasteiger partial charge in [-0.25, -0.2) is 0 Å². The summed E-state index contributed by atoms with van der Waals surface area (Å²) in [5.41, 5.74) is 2.29. The molecule has 9 nitrogen and oxygen atoms in total. The maximum Gasteiger partial charge on any atom is 0.271 e. The van der Waals surface area contributed by atoms with Gasteiger partial charge in [-0.05, 0) is 25.1 Å². The Kier molecular flexibility index (Phi) is 5.37. The van der Waals surface area contributed by atoms with Gasteiger partial charge in [-0.2, -0.15) is 0 Å². The van der Waals surface area contributed by atoms with Crippen molar-refractivity contribution in [2.75, 3.05) is 31.1 Å². The van der Waals surface area contributed by atoms with E-state index in [4.69, 9.17) is 16.1 Å². The minimum Gasteiger partial charge on any atom is -0.367 e. The highest BCUT2D eigenvalue weighted by molar-refractivity contribution is 6.33. The van der Waals surface area contributed by atoms with Crippen LogP contribution in [0.1, 0.15) is 16.1 Å². The molecular formula is C20H18ClN5O4. The van der Waals surface area contributed by atoms with E-state index in [0.717, 1.165) is 0 Å². The maximum absolute atomic E-state index is 13.2. The van der Waals surface area contributed by atoms with E-state index in [2.05, 4.69) is 10.1 Å². The van der Waals surface area contributed by atoms with Gasteiger partial charge >= 0.3 is 0 Å². The van der Waals surface area contributed by atoms with Gasteiger partial charge in [-0.3, -0.25) is 19.9 Å². The van der Waals surface area contributed by atoms with Crippen LogP contribution >= 0.6 is 11.6 Å². The molecule has 1 amide bonds. The van der Waals surface area contributed by atoms with Crippen molar-refractivity contribution in [2.24, 2.45) is 0 Å². The minimum absolute atomic E-state index is 0.0524. The van der Waals surface area contributed by atoms with Gasteiger partial charge in [0.25, 0.3) is 11.6 Å². The van der Waals surface area contributed by atoms with Crippen molar-refractivity contribution in [3.05, 3.63) is 69.2 Å². The van der Waals surface area contributed by atoms with Gasteiger partial charge in [0, 0.05) is 56.3 Å². The SMILES string of the molecule is Cc1onc(-c2cccnc2)c1C(=O)N1CCN(c2ccc([N+](=O)[O-])cc2Cl)CC1. The lowest BCUT2D eigenvalue weighted by molar-refractivity contribution is -0.384. The van der Waals surface area contributed by atoms with Crippen LogP contribution in [0.15, 0.2) is 47.2 Å². The highest BCUT2D eigenvalue weighted by atomic mass is 35.5. The normalized spacial score (nSPS) is 14.1. The first-order chi connectivity index (χ1) is 14.5. The fraction of sp³-hybridized carbons (Fsp3) is 0.250. The van der Waals surface area contributed by atoms with Crippen molar-refractivity contribution in [1.29, 1.82) is 0 Å². The van der Waals surface area contributed by atoms with Crippen molar-refractivity contribution in [3.8, 4) is 11.3 Å². The molecule has 0 bridgehead atoms. The van der Waals surface area contributed by atoms with Crippen molar-refractivity contribution >= 4 is 28.9 Å². The average Bonchev–Trinajstić information content (AvgIpc) is 3.15. The summed E-state index contributed by atoms with van der Waals surface area (Å²) in [7, 11) is 0. The molecule has 3 aromatic rings. The number of amides is 1. The molecule has 0 saturated carbocycles. The number of carbonyl (C=O) groups excluding carboxylic acids is 1. The molecule has 0 unspecified atom stereocenters. The van der Waals surface area contributed by atoms with Gasteiger partial charge in [0.15, 0.2) is 0 Å². The molecule has 2 aromatic heterocycles. The Balaban J connectivity index is 1.50. The molecule has 0 aliphatic carbocycles. The Bertz CT molecular complexity index is 1090. The Labute approximate surface area is 177 Å². The molecule has 1 aromatic carbocycles. The van der Waals surface area contributed by atoms with Crippen LogP contribution in [0.4, 0.5) is 11.4 Å². The third kappa shape index (κ3) is 3.71. The van der Waals surface area contributed by atoms with Gasteiger partial charge in [-0.1, -0.05) is 16.8 Å². The number of piperazine rings is 1. The molecule has 1 fully saturated rings. The third-order valence-corrected chi connectivity index (χ3v) is 5.36. The Hall–Kier alpha value is -3.46. The number of carbonyl (C=O) groups is 1. The van der Waals surface area contributed by atoms with Gasteiger partial charge in [0.2, 0.25) is 0 Å². The Morgan fingerprint density at radius 1 is 1.23 bits per heavy atom. The van der Waals surface area contributed by atoms with E-state index in [1.807, 2.05) is 11.0 Å². The molecule has 1 saturated heterocycles. The molecule has 0 spiro atoms. The first-order valence-electron chi connectivity index (χ1n) is 9.30. The Morgan fingerprint density at radius 2 is 2.00 bits per heavy atom. The summed E-state index contributed by atoms with van der Waals surface area (Å²) in [6.07, 6.45) is 3.29. The number of hydrogen-bond donors (Lipinski definition) is 0. The van der Waals surface area contributed by atoms with Crippen LogP contribution in [-0.4, -0.2) is 52.1 Å². The summed E-state index contributed by atoms with van der Waals surface area (Å²) in [5, 5.41) is 15.3. The molecule has 30 heavy (non-hydrogen) atoms. The average molecular weight is 428 g/mol. The molecule has 1 aliphatic rings. The summed E-state index contributed by atoms with van der Waals surface area (Å²) < 4.78 is 5.29. The number of hydrogen-bond acceptors (Lipinski definition) is 7. The number of rotatable bonds is 4. The number of non-ortho nitro benzene ring substituents is 1. The molecule has 4 rings (SSSR count). The second kappa shape index (κ2) is 8.11. The molecule has 0 radical (unpaired) electrons. The fourth-order valence-corrected chi connectivity index (χ4v) is 3.79.